The molecule has 0 fully saturated rings. The smallest absolute Gasteiger partial charge is 0.244 e. The fourth-order valence-corrected chi connectivity index (χ4v) is 3.70. The second kappa shape index (κ2) is 6.19. The molecule has 2 aromatic rings. The van der Waals surface area contributed by atoms with E-state index in [2.05, 4.69) is 4.98 Å². The van der Waals surface area contributed by atoms with Gasteiger partial charge in [-0.25, -0.2) is 8.42 Å². The highest BCUT2D eigenvalue weighted by molar-refractivity contribution is 7.89. The minimum Gasteiger partial charge on any atom is -0.390 e. The molecule has 7 heteroatoms. The van der Waals surface area contributed by atoms with Crippen LogP contribution in [0.4, 0.5) is 0 Å². The summed E-state index contributed by atoms with van der Waals surface area (Å²) in [6.07, 6.45) is 1.37. The molecule has 114 valence electrons. The number of nitrogens with one attached hydrogen (secondary N) is 1. The Kier molecular flexibility index (Phi) is 4.73. The van der Waals surface area contributed by atoms with E-state index in [0.29, 0.717) is 10.7 Å². The van der Waals surface area contributed by atoms with Gasteiger partial charge in [0.1, 0.15) is 0 Å². The molecular weight excluding hydrogens is 312 g/mol. The van der Waals surface area contributed by atoms with Gasteiger partial charge in [-0.05, 0) is 24.6 Å². The van der Waals surface area contributed by atoms with Gasteiger partial charge in [0.2, 0.25) is 10.0 Å². The maximum Gasteiger partial charge on any atom is 0.244 e. The summed E-state index contributed by atoms with van der Waals surface area (Å²) >= 11 is 6.13. The Hall–Kier alpha value is -1.34. The van der Waals surface area contributed by atoms with E-state index in [0.717, 1.165) is 5.56 Å². The second-order valence-electron chi connectivity index (χ2n) is 4.74. The first-order valence-electron chi connectivity index (χ1n) is 6.38. The zero-order chi connectivity index (χ0) is 15.6. The van der Waals surface area contributed by atoms with E-state index in [4.69, 9.17) is 16.7 Å². The van der Waals surface area contributed by atoms with Crippen molar-refractivity contribution in [3.8, 4) is 0 Å². The fraction of sp³-hybridized carbons (Fsp3) is 0.286. The van der Waals surface area contributed by atoms with Gasteiger partial charge in [0.15, 0.2) is 0 Å². The van der Waals surface area contributed by atoms with Crippen LogP contribution in [0.15, 0.2) is 41.4 Å². The number of aliphatic hydroxyl groups excluding tert-OH is 1. The molecule has 0 aliphatic rings. The Morgan fingerprint density at radius 3 is 2.62 bits per heavy atom. The third-order valence-electron chi connectivity index (χ3n) is 3.46. The average molecular weight is 329 g/mol. The summed E-state index contributed by atoms with van der Waals surface area (Å²) < 4.78 is 26.4. The molecule has 21 heavy (non-hydrogen) atoms. The highest BCUT2D eigenvalue weighted by Gasteiger charge is 2.28. The summed E-state index contributed by atoms with van der Waals surface area (Å²) in [5, 5.41) is 9.55. The van der Waals surface area contributed by atoms with Crippen molar-refractivity contribution >= 4 is 21.6 Å². The van der Waals surface area contributed by atoms with E-state index < -0.39 is 16.1 Å². The quantitative estimate of drug-likeness (QED) is 0.885. The first kappa shape index (κ1) is 16.0. The van der Waals surface area contributed by atoms with Crippen molar-refractivity contribution in [1.82, 2.24) is 9.29 Å². The van der Waals surface area contributed by atoms with Crippen molar-refractivity contribution in [2.24, 2.45) is 0 Å². The number of rotatable bonds is 5. The van der Waals surface area contributed by atoms with Crippen LogP contribution in [0, 0.1) is 0 Å². The van der Waals surface area contributed by atoms with Crippen molar-refractivity contribution in [1.29, 1.82) is 0 Å². The lowest BCUT2D eigenvalue weighted by Crippen LogP contribution is -2.29. The van der Waals surface area contributed by atoms with Crippen LogP contribution in [0.25, 0.3) is 0 Å². The van der Waals surface area contributed by atoms with Crippen LogP contribution in [0.1, 0.15) is 24.2 Å². The Morgan fingerprint density at radius 1 is 1.38 bits per heavy atom. The van der Waals surface area contributed by atoms with Crippen LogP contribution in [-0.2, 0) is 16.6 Å². The van der Waals surface area contributed by atoms with Crippen LogP contribution < -0.4 is 0 Å². The molecule has 0 aliphatic heterocycles. The number of nitrogens with zero attached hydrogens (tertiary/aromatic N) is 1. The van der Waals surface area contributed by atoms with Crippen molar-refractivity contribution in [3.05, 3.63) is 52.8 Å². The van der Waals surface area contributed by atoms with Gasteiger partial charge in [0, 0.05) is 30.0 Å². The number of H-pyrrole nitrogens is 1. The van der Waals surface area contributed by atoms with Gasteiger partial charge in [0.05, 0.1) is 11.5 Å². The number of sulfonamides is 1. The van der Waals surface area contributed by atoms with Gasteiger partial charge in [-0.1, -0.05) is 29.8 Å². The second-order valence-corrected chi connectivity index (χ2v) is 7.14. The lowest BCUT2D eigenvalue weighted by molar-refractivity contribution is 0.277. The molecule has 2 N–H and O–H groups in total. The van der Waals surface area contributed by atoms with Crippen LogP contribution in [-0.4, -0.2) is 29.9 Å². The predicted octanol–water partition coefficient (Wildman–Crippen LogP) is 2.54. The molecule has 0 saturated heterocycles. The van der Waals surface area contributed by atoms with Crippen LogP contribution in [0.3, 0.4) is 0 Å². The number of aromatic nitrogens is 1. The number of benzene rings is 1. The van der Waals surface area contributed by atoms with Crippen molar-refractivity contribution in [3.63, 3.8) is 0 Å². The third kappa shape index (κ3) is 3.13. The van der Waals surface area contributed by atoms with E-state index in [1.807, 2.05) is 6.07 Å². The van der Waals surface area contributed by atoms with Gasteiger partial charge in [-0.3, -0.25) is 0 Å². The summed E-state index contributed by atoms with van der Waals surface area (Å²) in [4.78, 5) is 2.84. The van der Waals surface area contributed by atoms with Gasteiger partial charge in [0.25, 0.3) is 0 Å². The standard InChI is InChI=1S/C14H17ClN2O3S/c1-10(13-5-3-4-6-14(13)15)17(2)21(19,20)12-7-11(9-18)16-8-12/h3-8,10,16,18H,9H2,1-2H3. The van der Waals surface area contributed by atoms with Gasteiger partial charge in [-0.15, -0.1) is 0 Å². The number of aromatic amines is 1. The Balaban J connectivity index is 2.34. The number of hydrogen-bond acceptors (Lipinski definition) is 3. The average Bonchev–Trinajstić information content (AvgIpc) is 2.96. The van der Waals surface area contributed by atoms with Crippen molar-refractivity contribution in [2.75, 3.05) is 7.05 Å². The van der Waals surface area contributed by atoms with Crippen LogP contribution in [0.5, 0.6) is 0 Å². The summed E-state index contributed by atoms with van der Waals surface area (Å²) in [6, 6.07) is 8.16. The Labute approximate surface area is 129 Å². The number of hydrogen-bond donors (Lipinski definition) is 2. The van der Waals surface area contributed by atoms with Crippen LogP contribution >= 0.6 is 11.6 Å². The van der Waals surface area contributed by atoms with E-state index in [9.17, 15) is 8.42 Å². The highest BCUT2D eigenvalue weighted by atomic mass is 35.5. The monoisotopic (exact) mass is 328 g/mol. The summed E-state index contributed by atoms with van der Waals surface area (Å²) in [5.74, 6) is 0. The zero-order valence-electron chi connectivity index (χ0n) is 11.7. The molecule has 2 rings (SSSR count). The molecule has 0 amide bonds. The van der Waals surface area contributed by atoms with Gasteiger partial charge >= 0.3 is 0 Å². The lowest BCUT2D eigenvalue weighted by atomic mass is 10.1. The summed E-state index contributed by atoms with van der Waals surface area (Å²) in [7, 11) is -2.15. The maximum absolute atomic E-state index is 12.6. The predicted molar refractivity (Wildman–Crippen MR) is 81.5 cm³/mol. The van der Waals surface area contributed by atoms with Gasteiger partial charge in [-0.2, -0.15) is 4.31 Å². The molecule has 0 spiro atoms. The Bertz CT molecular complexity index is 727. The third-order valence-corrected chi connectivity index (χ3v) is 5.71. The molecule has 0 saturated carbocycles. The van der Waals surface area contributed by atoms with E-state index in [-0.39, 0.29) is 11.5 Å². The molecule has 1 aromatic heterocycles. The largest absolute Gasteiger partial charge is 0.390 e. The Morgan fingerprint density at radius 2 is 2.05 bits per heavy atom. The number of aliphatic hydroxyl groups is 1. The van der Waals surface area contributed by atoms with Crippen molar-refractivity contribution < 1.29 is 13.5 Å². The highest BCUT2D eigenvalue weighted by Crippen LogP contribution is 2.30. The first-order chi connectivity index (χ1) is 9.87. The molecule has 0 radical (unpaired) electrons. The van der Waals surface area contributed by atoms with E-state index in [1.54, 1.807) is 25.1 Å². The maximum atomic E-state index is 12.6. The zero-order valence-corrected chi connectivity index (χ0v) is 13.3. The molecule has 1 atom stereocenters. The SMILES string of the molecule is CC(c1ccccc1Cl)N(C)S(=O)(=O)c1c[nH]c(CO)c1. The lowest BCUT2D eigenvalue weighted by Gasteiger charge is -2.24. The van der Waals surface area contributed by atoms with Crippen LogP contribution in [0.2, 0.25) is 5.02 Å². The topological polar surface area (TPSA) is 73.4 Å². The summed E-state index contributed by atoms with van der Waals surface area (Å²) in [6.45, 7) is 1.54. The molecule has 0 aliphatic carbocycles. The fourth-order valence-electron chi connectivity index (χ4n) is 2.04. The van der Waals surface area contributed by atoms with E-state index in [1.165, 1.54) is 23.6 Å². The first-order valence-corrected chi connectivity index (χ1v) is 8.20. The molecule has 1 aromatic carbocycles. The molecule has 5 nitrogen and oxygen atoms in total. The molecule has 1 unspecified atom stereocenters. The van der Waals surface area contributed by atoms with Crippen molar-refractivity contribution in [2.45, 2.75) is 24.5 Å². The summed E-state index contributed by atoms with van der Waals surface area (Å²) in [5.41, 5.74) is 1.19. The minimum absolute atomic E-state index is 0.118. The minimum atomic E-state index is -3.66. The molecule has 0 bridgehead atoms. The van der Waals surface area contributed by atoms with E-state index >= 15 is 0 Å². The van der Waals surface area contributed by atoms with Gasteiger partial charge < -0.3 is 10.1 Å². The molecule has 1 heterocycles. The normalized spacial score (nSPS) is 13.6. The number of halogens is 1. The molecular formula is C14H17ClN2O3S.